The fourth-order valence-electron chi connectivity index (χ4n) is 1.17. The molecule has 12 heavy (non-hydrogen) atoms. The van der Waals surface area contributed by atoms with Crippen LogP contribution in [-0.2, 0) is 5.11 Å². The van der Waals surface area contributed by atoms with Gasteiger partial charge in [-0.05, 0) is 22.9 Å². The molecule has 55 valence electrons. The van der Waals surface area contributed by atoms with Crippen molar-refractivity contribution >= 4 is 40.3 Å². The Hall–Kier alpha value is -0.500. The fourth-order valence-corrected chi connectivity index (χ4v) is 1.17. The molecular formula is C10H8NaO. The van der Waals surface area contributed by atoms with Gasteiger partial charge >= 0.3 is 29.6 Å². The molecule has 0 aliphatic rings. The van der Waals surface area contributed by atoms with Gasteiger partial charge in [-0.2, -0.15) is 0 Å². The van der Waals surface area contributed by atoms with E-state index in [4.69, 9.17) is 0 Å². The molecule has 0 spiro atoms. The summed E-state index contributed by atoms with van der Waals surface area (Å²) in [6.45, 7) is 0. The van der Waals surface area contributed by atoms with Gasteiger partial charge in [-0.1, -0.05) is 30.3 Å². The zero-order chi connectivity index (χ0) is 7.68. The van der Waals surface area contributed by atoms with E-state index in [-0.39, 0.29) is 35.3 Å². The van der Waals surface area contributed by atoms with Gasteiger partial charge in [0, 0.05) is 0 Å². The minimum atomic E-state index is 0. The summed E-state index contributed by atoms with van der Waals surface area (Å²) in [6, 6.07) is 12.9. The van der Waals surface area contributed by atoms with Crippen molar-refractivity contribution in [1.82, 2.24) is 0 Å². The van der Waals surface area contributed by atoms with Crippen molar-refractivity contribution in [3.8, 4) is 5.75 Å². The standard InChI is InChI=1S/C10H7O.Na.H/c11-10-6-5-8-3-1-2-4-9(8)7-10;;/h1-7H;;. The van der Waals surface area contributed by atoms with Crippen LogP contribution in [-0.4, -0.2) is 29.6 Å². The van der Waals surface area contributed by atoms with Crippen molar-refractivity contribution in [3.63, 3.8) is 0 Å². The Kier molecular flexibility index (Phi) is 3.15. The molecule has 0 aliphatic heterocycles. The molecule has 0 amide bonds. The van der Waals surface area contributed by atoms with Gasteiger partial charge in [0.2, 0.25) is 0 Å². The number of fused-ring (bicyclic) bond motifs is 1. The molecule has 1 nitrogen and oxygen atoms in total. The van der Waals surface area contributed by atoms with Crippen LogP contribution in [0.3, 0.4) is 0 Å². The molecule has 2 heteroatoms. The van der Waals surface area contributed by atoms with E-state index < -0.39 is 0 Å². The Balaban J connectivity index is 0.000000720. The summed E-state index contributed by atoms with van der Waals surface area (Å²) in [7, 11) is 0. The van der Waals surface area contributed by atoms with Crippen LogP contribution in [0.5, 0.6) is 5.75 Å². The van der Waals surface area contributed by atoms with Gasteiger partial charge in [0.05, 0.1) is 0 Å². The molecule has 0 aromatic heterocycles. The average Bonchev–Trinajstić information content (AvgIpc) is 2.04. The molecule has 2 aromatic carbocycles. The predicted molar refractivity (Wildman–Crippen MR) is 51.2 cm³/mol. The molecule has 0 N–H and O–H groups in total. The van der Waals surface area contributed by atoms with Crippen molar-refractivity contribution in [2.75, 3.05) is 0 Å². The quantitative estimate of drug-likeness (QED) is 0.537. The Morgan fingerprint density at radius 1 is 0.833 bits per heavy atom. The SMILES string of the molecule is [NaH].[O]c1ccc2ccccc2c1. The van der Waals surface area contributed by atoms with Gasteiger partial charge in [-0.3, -0.25) is 5.11 Å². The zero-order valence-electron chi connectivity index (χ0n) is 5.95. The van der Waals surface area contributed by atoms with Gasteiger partial charge in [-0.25, -0.2) is 0 Å². The zero-order valence-corrected chi connectivity index (χ0v) is 5.95. The molecule has 0 atom stereocenters. The van der Waals surface area contributed by atoms with E-state index in [1.54, 1.807) is 12.1 Å². The summed E-state index contributed by atoms with van der Waals surface area (Å²) in [5.74, 6) is 0.0729. The average molecular weight is 167 g/mol. The van der Waals surface area contributed by atoms with Crippen LogP contribution in [0.2, 0.25) is 0 Å². The van der Waals surface area contributed by atoms with Crippen LogP contribution in [0.4, 0.5) is 0 Å². The van der Waals surface area contributed by atoms with Crippen LogP contribution in [0.15, 0.2) is 42.5 Å². The second kappa shape index (κ2) is 3.94. The van der Waals surface area contributed by atoms with Crippen molar-refractivity contribution in [1.29, 1.82) is 0 Å². The summed E-state index contributed by atoms with van der Waals surface area (Å²) < 4.78 is 0. The molecule has 0 fully saturated rings. The normalized spacial score (nSPS) is 9.33. The van der Waals surface area contributed by atoms with E-state index in [9.17, 15) is 5.11 Å². The van der Waals surface area contributed by atoms with E-state index in [1.165, 1.54) is 0 Å². The Labute approximate surface area is 93.3 Å². The van der Waals surface area contributed by atoms with Gasteiger partial charge < -0.3 is 0 Å². The Morgan fingerprint density at radius 2 is 1.50 bits per heavy atom. The summed E-state index contributed by atoms with van der Waals surface area (Å²) >= 11 is 0. The van der Waals surface area contributed by atoms with Gasteiger partial charge in [-0.15, -0.1) is 0 Å². The summed E-state index contributed by atoms with van der Waals surface area (Å²) in [6.07, 6.45) is 0. The second-order valence-corrected chi connectivity index (χ2v) is 2.51. The monoisotopic (exact) mass is 167 g/mol. The molecular weight excluding hydrogens is 159 g/mol. The van der Waals surface area contributed by atoms with Crippen LogP contribution in [0, 0.1) is 0 Å². The first kappa shape index (κ1) is 9.59. The van der Waals surface area contributed by atoms with E-state index in [0.717, 1.165) is 10.8 Å². The minimum absolute atomic E-state index is 0. The van der Waals surface area contributed by atoms with E-state index in [0.29, 0.717) is 0 Å². The molecule has 2 rings (SSSR count). The summed E-state index contributed by atoms with van der Waals surface area (Å²) in [5, 5.41) is 13.0. The third-order valence-electron chi connectivity index (χ3n) is 1.72. The maximum atomic E-state index is 10.9. The third-order valence-corrected chi connectivity index (χ3v) is 1.72. The molecule has 2 aromatic rings. The smallest absolute Gasteiger partial charge is 0.179 e. The van der Waals surface area contributed by atoms with E-state index >= 15 is 0 Å². The number of hydrogen-bond acceptors (Lipinski definition) is 0. The predicted octanol–water partition coefficient (Wildman–Crippen LogP) is 2.34. The maximum absolute atomic E-state index is 10.9. The molecule has 0 aliphatic carbocycles. The third kappa shape index (κ3) is 1.81. The molecule has 0 heterocycles. The van der Waals surface area contributed by atoms with Crippen LogP contribution in [0.1, 0.15) is 0 Å². The number of hydrogen-bond donors (Lipinski definition) is 0. The van der Waals surface area contributed by atoms with Gasteiger partial charge in [0.1, 0.15) is 0 Å². The van der Waals surface area contributed by atoms with Crippen molar-refractivity contribution in [2.24, 2.45) is 0 Å². The largest absolute Gasteiger partial charge is 0.290 e. The number of rotatable bonds is 0. The van der Waals surface area contributed by atoms with Crippen LogP contribution < -0.4 is 0 Å². The van der Waals surface area contributed by atoms with Gasteiger partial charge in [0.25, 0.3) is 0 Å². The Morgan fingerprint density at radius 3 is 2.25 bits per heavy atom. The first-order chi connectivity index (χ1) is 5.36. The molecule has 0 unspecified atom stereocenters. The first-order valence-corrected chi connectivity index (χ1v) is 3.52. The van der Waals surface area contributed by atoms with Gasteiger partial charge in [0.15, 0.2) is 5.75 Å². The fraction of sp³-hybridized carbons (Fsp3) is 0. The van der Waals surface area contributed by atoms with Crippen LogP contribution in [0.25, 0.3) is 10.8 Å². The second-order valence-electron chi connectivity index (χ2n) is 2.51. The van der Waals surface area contributed by atoms with Crippen molar-refractivity contribution in [3.05, 3.63) is 42.5 Å². The minimum Gasteiger partial charge on any atom is -0.290 e. The maximum Gasteiger partial charge on any atom is 0.179 e. The van der Waals surface area contributed by atoms with Crippen molar-refractivity contribution < 1.29 is 5.11 Å². The molecule has 0 bridgehead atoms. The molecule has 0 saturated heterocycles. The molecule has 0 saturated carbocycles. The first-order valence-electron chi connectivity index (χ1n) is 3.52. The summed E-state index contributed by atoms with van der Waals surface area (Å²) in [5.41, 5.74) is 0. The topological polar surface area (TPSA) is 19.9 Å². The van der Waals surface area contributed by atoms with E-state index in [2.05, 4.69) is 0 Å². The van der Waals surface area contributed by atoms with Crippen LogP contribution >= 0.6 is 0 Å². The molecule has 1 radical (unpaired) electrons. The Bertz CT molecular complexity index is 384. The van der Waals surface area contributed by atoms with E-state index in [1.807, 2.05) is 30.3 Å². The summed E-state index contributed by atoms with van der Waals surface area (Å²) in [4.78, 5) is 0. The van der Waals surface area contributed by atoms with Crippen molar-refractivity contribution in [2.45, 2.75) is 0 Å². The number of benzene rings is 2.